The van der Waals surface area contributed by atoms with Crippen molar-refractivity contribution in [3.05, 3.63) is 47.2 Å². The molecule has 0 radical (unpaired) electrons. The number of fused-ring (bicyclic) bond motifs is 1. The van der Waals surface area contributed by atoms with E-state index >= 15 is 0 Å². The molecule has 1 atom stereocenters. The molecule has 0 spiro atoms. The van der Waals surface area contributed by atoms with Gasteiger partial charge in [-0.2, -0.15) is 0 Å². The molecule has 5 rings (SSSR count). The molecule has 10 nitrogen and oxygen atoms in total. The molecule has 1 unspecified atom stereocenters. The molecular formula is C26H31ClN6O4. The lowest BCUT2D eigenvalue weighted by Gasteiger charge is -2.30. The summed E-state index contributed by atoms with van der Waals surface area (Å²) in [4.78, 5) is 15.9. The molecule has 2 aliphatic rings. The van der Waals surface area contributed by atoms with Crippen LogP contribution >= 0.6 is 11.6 Å². The van der Waals surface area contributed by atoms with Gasteiger partial charge >= 0.3 is 0 Å². The van der Waals surface area contributed by atoms with Crippen molar-refractivity contribution in [2.75, 3.05) is 75.3 Å². The molecule has 4 heterocycles. The van der Waals surface area contributed by atoms with Crippen molar-refractivity contribution in [1.82, 2.24) is 15.0 Å². The summed E-state index contributed by atoms with van der Waals surface area (Å²) in [6, 6.07) is 7.62. The van der Waals surface area contributed by atoms with Crippen molar-refractivity contribution >= 4 is 34.7 Å². The van der Waals surface area contributed by atoms with Crippen LogP contribution in [0.15, 0.2) is 36.7 Å². The molecule has 0 saturated carbocycles. The predicted octanol–water partition coefficient (Wildman–Crippen LogP) is 3.47. The highest BCUT2D eigenvalue weighted by molar-refractivity contribution is 6.33. The molecule has 3 aromatic rings. The maximum Gasteiger partial charge on any atom is 0.227 e. The number of hydrogen-bond acceptors (Lipinski definition) is 10. The van der Waals surface area contributed by atoms with Gasteiger partial charge in [0, 0.05) is 61.7 Å². The van der Waals surface area contributed by atoms with E-state index in [1.54, 1.807) is 19.5 Å². The van der Waals surface area contributed by atoms with Gasteiger partial charge in [0.05, 0.1) is 48.5 Å². The number of benzene rings is 1. The zero-order valence-corrected chi connectivity index (χ0v) is 21.7. The zero-order chi connectivity index (χ0) is 25.8. The number of halogens is 1. The second-order valence-corrected chi connectivity index (χ2v) is 9.73. The Morgan fingerprint density at radius 3 is 2.84 bits per heavy atom. The molecule has 0 amide bonds. The third-order valence-corrected chi connectivity index (χ3v) is 6.98. The van der Waals surface area contributed by atoms with Gasteiger partial charge in [0.1, 0.15) is 18.2 Å². The van der Waals surface area contributed by atoms with Crippen LogP contribution < -0.4 is 20.3 Å². The van der Waals surface area contributed by atoms with Crippen molar-refractivity contribution in [3.63, 3.8) is 0 Å². The largest absolute Gasteiger partial charge is 0.489 e. The van der Waals surface area contributed by atoms with Crippen molar-refractivity contribution < 1.29 is 19.3 Å². The third-order valence-electron chi connectivity index (χ3n) is 6.68. The number of pyridine rings is 1. The standard InChI is InChI=1S/C26H31ClN6O4/c1-26(16-34)15-30-24-18(26)11-17(14-29-24)20-3-4-28-25(31-20)32-21-12-19(27)22(33-5-7-36-8-6-33)13-23(21)37-10-9-35-2/h3-4,11-14,34H,5-10,15-16H2,1-2H3,(H,29,30)(H,28,31,32). The molecular weight excluding hydrogens is 496 g/mol. The average Bonchev–Trinajstić information content (AvgIpc) is 3.27. The highest BCUT2D eigenvalue weighted by Gasteiger charge is 2.35. The number of anilines is 4. The number of hydrogen-bond donors (Lipinski definition) is 3. The highest BCUT2D eigenvalue weighted by atomic mass is 35.5. The Morgan fingerprint density at radius 2 is 2.05 bits per heavy atom. The molecule has 3 N–H and O–H groups in total. The van der Waals surface area contributed by atoms with Crippen LogP contribution in [0.5, 0.6) is 5.75 Å². The number of nitrogens with one attached hydrogen (secondary N) is 2. The van der Waals surface area contributed by atoms with Gasteiger partial charge in [-0.1, -0.05) is 18.5 Å². The lowest BCUT2D eigenvalue weighted by Crippen LogP contribution is -2.36. The zero-order valence-electron chi connectivity index (χ0n) is 21.0. The number of ether oxygens (including phenoxy) is 3. The van der Waals surface area contributed by atoms with E-state index in [-0.39, 0.29) is 12.0 Å². The third kappa shape index (κ3) is 5.42. The Morgan fingerprint density at radius 1 is 1.22 bits per heavy atom. The van der Waals surface area contributed by atoms with Gasteiger partial charge < -0.3 is 34.9 Å². The Bertz CT molecular complexity index is 1260. The minimum absolute atomic E-state index is 0.0295. The first-order chi connectivity index (χ1) is 18.0. The van der Waals surface area contributed by atoms with Crippen molar-refractivity contribution in [2.24, 2.45) is 0 Å². The first-order valence-electron chi connectivity index (χ1n) is 12.2. The average molecular weight is 527 g/mol. The fraction of sp³-hybridized carbons (Fsp3) is 0.423. The summed E-state index contributed by atoms with van der Waals surface area (Å²) in [5.41, 5.74) is 3.67. The molecule has 2 aliphatic heterocycles. The van der Waals surface area contributed by atoms with Crippen LogP contribution in [0.3, 0.4) is 0 Å². The smallest absolute Gasteiger partial charge is 0.227 e. The van der Waals surface area contributed by atoms with Gasteiger partial charge in [0.25, 0.3) is 0 Å². The normalized spacial score (nSPS) is 18.9. The summed E-state index contributed by atoms with van der Waals surface area (Å²) >= 11 is 6.71. The monoisotopic (exact) mass is 526 g/mol. The van der Waals surface area contributed by atoms with Crippen LogP contribution in [0.1, 0.15) is 12.5 Å². The Balaban J connectivity index is 1.43. The molecule has 1 fully saturated rings. The summed E-state index contributed by atoms with van der Waals surface area (Å²) in [5.74, 6) is 1.81. The summed E-state index contributed by atoms with van der Waals surface area (Å²) in [7, 11) is 1.63. The van der Waals surface area contributed by atoms with Crippen LogP contribution in [0.25, 0.3) is 11.3 Å². The van der Waals surface area contributed by atoms with Crippen LogP contribution in [0, 0.1) is 0 Å². The molecule has 196 valence electrons. The second-order valence-electron chi connectivity index (χ2n) is 9.32. The van der Waals surface area contributed by atoms with E-state index in [0.29, 0.717) is 61.1 Å². The predicted molar refractivity (Wildman–Crippen MR) is 143 cm³/mol. The quantitative estimate of drug-likeness (QED) is 0.358. The topological polar surface area (TPSA) is 114 Å². The van der Waals surface area contributed by atoms with Gasteiger partial charge in [0.2, 0.25) is 5.95 Å². The Labute approximate surface area is 221 Å². The Hall–Kier alpha value is -3.18. The lowest BCUT2D eigenvalue weighted by molar-refractivity contribution is 0.122. The maximum atomic E-state index is 9.93. The van der Waals surface area contributed by atoms with Crippen molar-refractivity contribution in [2.45, 2.75) is 12.3 Å². The number of morpholine rings is 1. The fourth-order valence-corrected chi connectivity index (χ4v) is 4.75. The first kappa shape index (κ1) is 25.5. The van der Waals surface area contributed by atoms with Gasteiger partial charge in [-0.25, -0.2) is 15.0 Å². The minimum Gasteiger partial charge on any atom is -0.489 e. The minimum atomic E-state index is -0.389. The highest BCUT2D eigenvalue weighted by Crippen LogP contribution is 2.39. The van der Waals surface area contributed by atoms with Crippen LogP contribution in [-0.2, 0) is 14.9 Å². The van der Waals surface area contributed by atoms with Gasteiger partial charge in [0.15, 0.2) is 0 Å². The van der Waals surface area contributed by atoms with E-state index in [0.717, 1.165) is 35.7 Å². The van der Waals surface area contributed by atoms with E-state index in [4.69, 9.17) is 30.8 Å². The molecule has 37 heavy (non-hydrogen) atoms. The van der Waals surface area contributed by atoms with Gasteiger partial charge in [-0.3, -0.25) is 0 Å². The van der Waals surface area contributed by atoms with Gasteiger partial charge in [-0.05, 0) is 18.2 Å². The second kappa shape index (κ2) is 11.1. The lowest BCUT2D eigenvalue weighted by atomic mass is 9.85. The van der Waals surface area contributed by atoms with E-state index in [1.165, 1.54) is 0 Å². The summed E-state index contributed by atoms with van der Waals surface area (Å²) in [6.45, 7) is 6.34. The summed E-state index contributed by atoms with van der Waals surface area (Å²) in [5, 5.41) is 17.1. The van der Waals surface area contributed by atoms with E-state index < -0.39 is 0 Å². The van der Waals surface area contributed by atoms with Crippen LogP contribution in [-0.4, -0.2) is 79.8 Å². The first-order valence-corrected chi connectivity index (χ1v) is 12.6. The fourth-order valence-electron chi connectivity index (χ4n) is 4.46. The van der Waals surface area contributed by atoms with Crippen molar-refractivity contribution in [1.29, 1.82) is 0 Å². The number of aliphatic hydroxyl groups is 1. The van der Waals surface area contributed by atoms with Crippen LogP contribution in [0.4, 0.5) is 23.1 Å². The van der Waals surface area contributed by atoms with E-state index in [1.807, 2.05) is 31.2 Å². The van der Waals surface area contributed by atoms with Crippen LogP contribution in [0.2, 0.25) is 5.02 Å². The summed E-state index contributed by atoms with van der Waals surface area (Å²) < 4.78 is 16.7. The Kier molecular flexibility index (Phi) is 7.61. The van der Waals surface area contributed by atoms with E-state index in [2.05, 4.69) is 25.5 Å². The summed E-state index contributed by atoms with van der Waals surface area (Å²) in [6.07, 6.45) is 3.46. The number of methoxy groups -OCH3 is 1. The number of aliphatic hydroxyl groups excluding tert-OH is 1. The molecule has 2 aromatic heterocycles. The number of rotatable bonds is 9. The van der Waals surface area contributed by atoms with Gasteiger partial charge in [-0.15, -0.1) is 0 Å². The molecule has 0 aliphatic carbocycles. The maximum absolute atomic E-state index is 9.93. The molecule has 11 heteroatoms. The molecule has 1 saturated heterocycles. The SMILES string of the molecule is COCCOc1cc(N2CCOCC2)c(Cl)cc1Nc1nccc(-c2cnc3c(c2)C(C)(CO)CN3)n1. The number of nitrogens with zero attached hydrogens (tertiary/aromatic N) is 4. The molecule has 0 bridgehead atoms. The molecule has 1 aromatic carbocycles. The van der Waals surface area contributed by atoms with Crippen molar-refractivity contribution in [3.8, 4) is 17.0 Å². The van der Waals surface area contributed by atoms with E-state index in [9.17, 15) is 5.11 Å². The number of aromatic nitrogens is 3.